The van der Waals surface area contributed by atoms with Crippen molar-refractivity contribution in [2.45, 2.75) is 66.8 Å². The Morgan fingerprint density at radius 1 is 1.00 bits per heavy atom. The molecule has 1 saturated carbocycles. The van der Waals surface area contributed by atoms with E-state index >= 15 is 0 Å². The first-order valence-corrected chi connectivity index (χ1v) is 8.32. The molecule has 0 aliphatic heterocycles. The van der Waals surface area contributed by atoms with Crippen molar-refractivity contribution in [3.8, 4) is 0 Å². The average molecular weight is 287 g/mol. The fourth-order valence-corrected chi connectivity index (χ4v) is 3.53. The Morgan fingerprint density at radius 2 is 1.48 bits per heavy atom. The molecule has 0 saturated heterocycles. The molecule has 1 unspecified atom stereocenters. The summed E-state index contributed by atoms with van der Waals surface area (Å²) < 4.78 is 0. The van der Waals surface area contributed by atoms with Crippen LogP contribution >= 0.6 is 0 Å². The molecule has 21 heavy (non-hydrogen) atoms. The van der Waals surface area contributed by atoms with Crippen LogP contribution < -0.4 is 5.32 Å². The molecular formula is C20H33N. The number of rotatable bonds is 4. The lowest BCUT2D eigenvalue weighted by Crippen LogP contribution is -2.23. The van der Waals surface area contributed by atoms with Crippen molar-refractivity contribution in [3.05, 3.63) is 35.4 Å². The van der Waals surface area contributed by atoms with Gasteiger partial charge in [-0.15, -0.1) is 0 Å². The molecular weight excluding hydrogens is 254 g/mol. The number of benzene rings is 1. The summed E-state index contributed by atoms with van der Waals surface area (Å²) in [5.74, 6) is 0.779. The van der Waals surface area contributed by atoms with Crippen LogP contribution in [0, 0.1) is 16.7 Å². The van der Waals surface area contributed by atoms with Gasteiger partial charge in [0.1, 0.15) is 0 Å². The largest absolute Gasteiger partial charge is 0.310 e. The SMILES string of the molecule is CC(NCC1C(C)(C)C1(C)C)c1ccc(C(C)(C)C)cc1. The van der Waals surface area contributed by atoms with Crippen LogP contribution in [-0.2, 0) is 5.41 Å². The number of hydrogen-bond acceptors (Lipinski definition) is 1. The summed E-state index contributed by atoms with van der Waals surface area (Å²) in [7, 11) is 0. The van der Waals surface area contributed by atoms with E-state index < -0.39 is 0 Å². The predicted molar refractivity (Wildman–Crippen MR) is 92.6 cm³/mol. The molecule has 0 spiro atoms. The Morgan fingerprint density at radius 3 is 1.86 bits per heavy atom. The molecule has 0 heterocycles. The third-order valence-corrected chi connectivity index (χ3v) is 6.22. The smallest absolute Gasteiger partial charge is 0.0291 e. The fourth-order valence-electron chi connectivity index (χ4n) is 3.53. The highest BCUT2D eigenvalue weighted by Gasteiger charge is 2.63. The molecule has 0 amide bonds. The van der Waals surface area contributed by atoms with Gasteiger partial charge < -0.3 is 5.32 Å². The van der Waals surface area contributed by atoms with E-state index in [4.69, 9.17) is 0 Å². The quantitative estimate of drug-likeness (QED) is 0.790. The van der Waals surface area contributed by atoms with Crippen LogP contribution in [0.2, 0.25) is 0 Å². The first kappa shape index (κ1) is 16.5. The van der Waals surface area contributed by atoms with E-state index in [2.05, 4.69) is 85.0 Å². The normalized spacial score (nSPS) is 22.1. The van der Waals surface area contributed by atoms with E-state index in [-0.39, 0.29) is 5.41 Å². The maximum atomic E-state index is 3.73. The number of hydrogen-bond donors (Lipinski definition) is 1. The molecule has 0 bridgehead atoms. The Balaban J connectivity index is 1.94. The standard InChI is InChI=1S/C20H33N/c1-14(21-13-17-19(5,6)20(17,7)8)15-9-11-16(12-10-15)18(2,3)4/h9-12,14,17,21H,13H2,1-8H3. The molecule has 1 fully saturated rings. The van der Waals surface area contributed by atoms with Crippen LogP contribution in [0.25, 0.3) is 0 Å². The van der Waals surface area contributed by atoms with Crippen LogP contribution in [0.5, 0.6) is 0 Å². The van der Waals surface area contributed by atoms with Gasteiger partial charge in [0.05, 0.1) is 0 Å². The zero-order chi connectivity index (χ0) is 16.1. The Kier molecular flexibility index (Phi) is 4.04. The predicted octanol–water partition coefficient (Wildman–Crippen LogP) is 5.32. The van der Waals surface area contributed by atoms with Crippen molar-refractivity contribution in [2.24, 2.45) is 16.7 Å². The summed E-state index contributed by atoms with van der Waals surface area (Å²) in [6, 6.07) is 9.53. The zero-order valence-electron chi connectivity index (χ0n) is 15.2. The molecule has 1 atom stereocenters. The summed E-state index contributed by atoms with van der Waals surface area (Å²) in [5.41, 5.74) is 3.96. The van der Waals surface area contributed by atoms with Gasteiger partial charge in [-0.1, -0.05) is 72.7 Å². The lowest BCUT2D eigenvalue weighted by atomic mass is 9.86. The molecule has 1 aromatic rings. The van der Waals surface area contributed by atoms with Gasteiger partial charge in [0.2, 0.25) is 0 Å². The van der Waals surface area contributed by atoms with Gasteiger partial charge in [0.15, 0.2) is 0 Å². The van der Waals surface area contributed by atoms with Crippen molar-refractivity contribution in [1.82, 2.24) is 5.32 Å². The van der Waals surface area contributed by atoms with Crippen LogP contribution in [0.1, 0.15) is 72.6 Å². The molecule has 1 nitrogen and oxygen atoms in total. The minimum absolute atomic E-state index is 0.233. The van der Waals surface area contributed by atoms with Gasteiger partial charge in [-0.05, 0) is 46.8 Å². The monoisotopic (exact) mass is 287 g/mol. The van der Waals surface area contributed by atoms with Crippen LogP contribution in [0.4, 0.5) is 0 Å². The minimum atomic E-state index is 0.233. The van der Waals surface area contributed by atoms with Crippen molar-refractivity contribution >= 4 is 0 Å². The van der Waals surface area contributed by atoms with Crippen LogP contribution in [-0.4, -0.2) is 6.54 Å². The first-order chi connectivity index (χ1) is 9.48. The second-order valence-electron chi connectivity index (χ2n) is 9.00. The molecule has 0 radical (unpaired) electrons. The maximum absolute atomic E-state index is 3.73. The maximum Gasteiger partial charge on any atom is 0.0291 e. The lowest BCUT2D eigenvalue weighted by Gasteiger charge is -2.21. The summed E-state index contributed by atoms with van der Waals surface area (Å²) in [5, 5.41) is 3.73. The summed E-state index contributed by atoms with van der Waals surface area (Å²) >= 11 is 0. The molecule has 0 aromatic heterocycles. The Labute approximate surface area is 131 Å². The number of nitrogens with one attached hydrogen (secondary N) is 1. The first-order valence-electron chi connectivity index (χ1n) is 8.32. The molecule has 1 aliphatic rings. The molecule has 1 N–H and O–H groups in total. The highest BCUT2D eigenvalue weighted by Crippen LogP contribution is 2.68. The Bertz CT molecular complexity index is 474. The Hall–Kier alpha value is -0.820. The van der Waals surface area contributed by atoms with E-state index in [0.29, 0.717) is 16.9 Å². The van der Waals surface area contributed by atoms with Crippen molar-refractivity contribution < 1.29 is 0 Å². The highest BCUT2D eigenvalue weighted by molar-refractivity contribution is 5.29. The average Bonchev–Trinajstić information content (AvgIpc) is 2.76. The summed E-state index contributed by atoms with van der Waals surface area (Å²) in [4.78, 5) is 0. The topological polar surface area (TPSA) is 12.0 Å². The zero-order valence-corrected chi connectivity index (χ0v) is 15.2. The lowest BCUT2D eigenvalue weighted by molar-refractivity contribution is 0.457. The molecule has 118 valence electrons. The highest BCUT2D eigenvalue weighted by atomic mass is 14.9. The van der Waals surface area contributed by atoms with Gasteiger partial charge in [-0.2, -0.15) is 0 Å². The van der Waals surface area contributed by atoms with Gasteiger partial charge in [-0.25, -0.2) is 0 Å². The van der Waals surface area contributed by atoms with Gasteiger partial charge >= 0.3 is 0 Å². The molecule has 1 aliphatic carbocycles. The van der Waals surface area contributed by atoms with Crippen molar-refractivity contribution in [3.63, 3.8) is 0 Å². The second kappa shape index (κ2) is 5.12. The van der Waals surface area contributed by atoms with Gasteiger partial charge in [0.25, 0.3) is 0 Å². The molecule has 1 aromatic carbocycles. The summed E-state index contributed by atoms with van der Waals surface area (Å²) in [6.07, 6.45) is 0. The van der Waals surface area contributed by atoms with Gasteiger partial charge in [-0.3, -0.25) is 0 Å². The fraction of sp³-hybridized carbons (Fsp3) is 0.700. The third kappa shape index (κ3) is 3.04. The minimum Gasteiger partial charge on any atom is -0.310 e. The molecule has 1 heteroatoms. The van der Waals surface area contributed by atoms with Crippen molar-refractivity contribution in [2.75, 3.05) is 6.54 Å². The third-order valence-electron chi connectivity index (χ3n) is 6.22. The molecule has 2 rings (SSSR count). The van der Waals surface area contributed by atoms with E-state index in [1.54, 1.807) is 0 Å². The van der Waals surface area contributed by atoms with Crippen LogP contribution in [0.3, 0.4) is 0 Å². The van der Waals surface area contributed by atoms with E-state index in [0.717, 1.165) is 12.5 Å². The van der Waals surface area contributed by atoms with E-state index in [9.17, 15) is 0 Å². The second-order valence-corrected chi connectivity index (χ2v) is 9.00. The van der Waals surface area contributed by atoms with Crippen LogP contribution in [0.15, 0.2) is 24.3 Å². The van der Waals surface area contributed by atoms with Gasteiger partial charge in [0, 0.05) is 6.04 Å². The van der Waals surface area contributed by atoms with E-state index in [1.807, 2.05) is 0 Å². The van der Waals surface area contributed by atoms with E-state index in [1.165, 1.54) is 11.1 Å². The van der Waals surface area contributed by atoms with Crippen molar-refractivity contribution in [1.29, 1.82) is 0 Å². The summed E-state index contributed by atoms with van der Waals surface area (Å²) in [6.45, 7) is 19.7.